The van der Waals surface area contributed by atoms with Crippen molar-refractivity contribution in [3.8, 4) is 0 Å². The second-order valence-electron chi connectivity index (χ2n) is 3.37. The van der Waals surface area contributed by atoms with Crippen LogP contribution >= 0.6 is 0 Å². The Morgan fingerprint density at radius 3 is 2.18 bits per heavy atom. The molecule has 0 spiro atoms. The predicted molar refractivity (Wildman–Crippen MR) is 56.5 cm³/mol. The molecule has 0 heterocycles. The monoisotopic (exact) mass is 264 g/mol. The van der Waals surface area contributed by atoms with Crippen molar-refractivity contribution < 1.29 is 27.1 Å². The SMILES string of the molecule is O=C(O)C(Cc1ccccc1)S(=O)(=O)C(F)F. The highest BCUT2D eigenvalue weighted by Crippen LogP contribution is 2.17. The minimum atomic E-state index is -4.97. The number of aliphatic carboxylic acids is 1. The molecular formula is C10H10F2O4S. The minimum absolute atomic E-state index is 0.379. The van der Waals surface area contributed by atoms with E-state index in [0.717, 1.165) is 0 Å². The Kier molecular flexibility index (Phi) is 4.17. The molecule has 17 heavy (non-hydrogen) atoms. The van der Waals surface area contributed by atoms with E-state index >= 15 is 0 Å². The van der Waals surface area contributed by atoms with E-state index in [1.165, 1.54) is 12.1 Å². The van der Waals surface area contributed by atoms with E-state index in [-0.39, 0.29) is 0 Å². The van der Waals surface area contributed by atoms with Gasteiger partial charge in [0, 0.05) is 6.42 Å². The lowest BCUT2D eigenvalue weighted by Gasteiger charge is -2.12. The normalized spacial score (nSPS) is 13.6. The molecule has 1 N–H and O–H groups in total. The van der Waals surface area contributed by atoms with Crippen molar-refractivity contribution in [1.29, 1.82) is 0 Å². The van der Waals surface area contributed by atoms with Crippen LogP contribution < -0.4 is 0 Å². The maximum absolute atomic E-state index is 12.3. The highest BCUT2D eigenvalue weighted by molar-refractivity contribution is 7.93. The molecule has 1 aromatic carbocycles. The Hall–Kier alpha value is -1.50. The second-order valence-corrected chi connectivity index (χ2v) is 5.47. The first kappa shape index (κ1) is 13.6. The van der Waals surface area contributed by atoms with Crippen LogP contribution in [0.2, 0.25) is 0 Å². The zero-order valence-corrected chi connectivity index (χ0v) is 9.40. The third-order valence-corrected chi connectivity index (χ3v) is 3.84. The van der Waals surface area contributed by atoms with Gasteiger partial charge in [0.25, 0.3) is 0 Å². The van der Waals surface area contributed by atoms with Crippen LogP contribution in [-0.2, 0) is 21.1 Å². The Labute approximate surface area is 96.8 Å². The number of carbonyl (C=O) groups is 1. The summed E-state index contributed by atoms with van der Waals surface area (Å²) < 4.78 is 46.8. The van der Waals surface area contributed by atoms with Crippen molar-refractivity contribution in [2.45, 2.75) is 17.4 Å². The number of rotatable bonds is 5. The minimum Gasteiger partial charge on any atom is -0.480 e. The summed E-state index contributed by atoms with van der Waals surface area (Å²) in [4.78, 5) is 10.7. The molecule has 1 atom stereocenters. The van der Waals surface area contributed by atoms with Crippen LogP contribution in [0.1, 0.15) is 5.56 Å². The average molecular weight is 264 g/mol. The summed E-state index contributed by atoms with van der Waals surface area (Å²) in [6.45, 7) is 0. The van der Waals surface area contributed by atoms with E-state index in [9.17, 15) is 22.0 Å². The zero-order chi connectivity index (χ0) is 13.1. The number of carboxylic acids is 1. The summed E-state index contributed by atoms with van der Waals surface area (Å²) in [6.07, 6.45) is -0.469. The highest BCUT2D eigenvalue weighted by Gasteiger charge is 2.39. The fourth-order valence-electron chi connectivity index (χ4n) is 1.30. The van der Waals surface area contributed by atoms with E-state index in [0.29, 0.717) is 5.56 Å². The van der Waals surface area contributed by atoms with Gasteiger partial charge in [-0.2, -0.15) is 8.78 Å². The molecule has 0 aliphatic rings. The third kappa shape index (κ3) is 3.23. The Morgan fingerprint density at radius 1 is 1.24 bits per heavy atom. The lowest BCUT2D eigenvalue weighted by atomic mass is 10.1. The zero-order valence-electron chi connectivity index (χ0n) is 8.58. The van der Waals surface area contributed by atoms with E-state index in [1.54, 1.807) is 18.2 Å². The van der Waals surface area contributed by atoms with Crippen LogP contribution in [0.3, 0.4) is 0 Å². The van der Waals surface area contributed by atoms with Gasteiger partial charge in [-0.05, 0) is 5.56 Å². The molecule has 0 aliphatic carbocycles. The number of halogens is 2. The van der Waals surface area contributed by atoms with Crippen LogP contribution in [0.15, 0.2) is 30.3 Å². The molecule has 0 saturated heterocycles. The van der Waals surface area contributed by atoms with Crippen LogP contribution in [0.5, 0.6) is 0 Å². The van der Waals surface area contributed by atoms with E-state index in [4.69, 9.17) is 5.11 Å². The molecule has 1 aromatic rings. The first-order valence-electron chi connectivity index (χ1n) is 4.63. The van der Waals surface area contributed by atoms with Crippen molar-refractivity contribution >= 4 is 15.8 Å². The summed E-state index contributed by atoms with van der Waals surface area (Å²) >= 11 is 0. The molecular weight excluding hydrogens is 254 g/mol. The number of alkyl halides is 2. The molecule has 0 fully saturated rings. The highest BCUT2D eigenvalue weighted by atomic mass is 32.2. The number of carboxylic acid groups (broad SMARTS) is 1. The van der Waals surface area contributed by atoms with Crippen LogP contribution in [0.4, 0.5) is 8.78 Å². The summed E-state index contributed by atoms with van der Waals surface area (Å²) in [5, 5.41) is 6.59. The van der Waals surface area contributed by atoms with Gasteiger partial charge in [-0.3, -0.25) is 4.79 Å². The molecule has 0 amide bonds. The molecule has 0 radical (unpaired) electrons. The molecule has 0 aliphatic heterocycles. The average Bonchev–Trinajstić information content (AvgIpc) is 2.26. The maximum atomic E-state index is 12.3. The van der Waals surface area contributed by atoms with Crippen molar-refractivity contribution in [1.82, 2.24) is 0 Å². The lowest BCUT2D eigenvalue weighted by Crippen LogP contribution is -2.36. The smallest absolute Gasteiger partial charge is 0.337 e. The second kappa shape index (κ2) is 5.22. The Morgan fingerprint density at radius 2 is 1.76 bits per heavy atom. The fraction of sp³-hybridized carbons (Fsp3) is 0.300. The summed E-state index contributed by atoms with van der Waals surface area (Å²) in [7, 11) is -4.97. The van der Waals surface area contributed by atoms with Crippen molar-refractivity contribution in [3.63, 3.8) is 0 Å². The predicted octanol–water partition coefficient (Wildman–Crippen LogP) is 1.32. The summed E-state index contributed by atoms with van der Waals surface area (Å²) in [5.74, 6) is -5.46. The maximum Gasteiger partial charge on any atom is 0.337 e. The van der Waals surface area contributed by atoms with Gasteiger partial charge in [-0.1, -0.05) is 30.3 Å². The molecule has 4 nitrogen and oxygen atoms in total. The van der Waals surface area contributed by atoms with Gasteiger partial charge in [0.05, 0.1) is 0 Å². The molecule has 0 aromatic heterocycles. The molecule has 1 unspecified atom stereocenters. The topological polar surface area (TPSA) is 71.4 Å². The van der Waals surface area contributed by atoms with E-state index in [2.05, 4.69) is 0 Å². The summed E-state index contributed by atoms with van der Waals surface area (Å²) in [5.41, 5.74) is 0.379. The van der Waals surface area contributed by atoms with Crippen LogP contribution in [-0.4, -0.2) is 30.5 Å². The molecule has 7 heteroatoms. The Balaban J connectivity index is 3.01. The molecule has 0 saturated carbocycles. The molecule has 94 valence electrons. The quantitative estimate of drug-likeness (QED) is 0.870. The van der Waals surface area contributed by atoms with Crippen molar-refractivity contribution in [2.75, 3.05) is 0 Å². The van der Waals surface area contributed by atoms with Gasteiger partial charge in [-0.15, -0.1) is 0 Å². The van der Waals surface area contributed by atoms with Gasteiger partial charge in [0.15, 0.2) is 5.25 Å². The van der Waals surface area contributed by atoms with Crippen LogP contribution in [0, 0.1) is 0 Å². The van der Waals surface area contributed by atoms with Gasteiger partial charge < -0.3 is 5.11 Å². The number of benzene rings is 1. The number of hydrogen-bond donors (Lipinski definition) is 1. The first-order chi connectivity index (χ1) is 7.85. The number of hydrogen-bond acceptors (Lipinski definition) is 3. The van der Waals surface area contributed by atoms with Gasteiger partial charge in [0.2, 0.25) is 9.84 Å². The van der Waals surface area contributed by atoms with Crippen molar-refractivity contribution in [2.24, 2.45) is 0 Å². The van der Waals surface area contributed by atoms with Crippen molar-refractivity contribution in [3.05, 3.63) is 35.9 Å². The van der Waals surface area contributed by atoms with Gasteiger partial charge in [0.1, 0.15) is 0 Å². The molecule has 0 bridgehead atoms. The van der Waals surface area contributed by atoms with Gasteiger partial charge >= 0.3 is 11.7 Å². The fourth-order valence-corrected chi connectivity index (χ4v) is 2.25. The van der Waals surface area contributed by atoms with E-state index < -0.39 is 33.2 Å². The number of sulfone groups is 1. The first-order valence-corrected chi connectivity index (χ1v) is 6.24. The third-order valence-electron chi connectivity index (χ3n) is 2.18. The lowest BCUT2D eigenvalue weighted by molar-refractivity contribution is -0.136. The standard InChI is InChI=1S/C10H10F2O4S/c11-10(12)17(15,16)8(9(13)14)6-7-4-2-1-3-5-7/h1-5,8,10H,6H2,(H,13,14). The van der Waals surface area contributed by atoms with E-state index in [1.807, 2.05) is 0 Å². The largest absolute Gasteiger partial charge is 0.480 e. The van der Waals surface area contributed by atoms with Gasteiger partial charge in [-0.25, -0.2) is 8.42 Å². The Bertz CT molecular complexity index is 484. The summed E-state index contributed by atoms with van der Waals surface area (Å²) in [6, 6.07) is 7.77. The van der Waals surface area contributed by atoms with Crippen LogP contribution in [0.25, 0.3) is 0 Å². The molecule has 1 rings (SSSR count).